The molecule has 8 aromatic rings. The van der Waals surface area contributed by atoms with Gasteiger partial charge in [-0.1, -0.05) is 154 Å². The van der Waals surface area contributed by atoms with Crippen molar-refractivity contribution in [1.29, 1.82) is 0 Å². The maximum absolute atomic E-state index is 6.65. The van der Waals surface area contributed by atoms with E-state index in [0.29, 0.717) is 6.67 Å². The van der Waals surface area contributed by atoms with Crippen molar-refractivity contribution in [2.45, 2.75) is 26.2 Å². The molecule has 0 unspecified atom stereocenters. The van der Waals surface area contributed by atoms with Crippen LogP contribution in [-0.2, 0) is 5.41 Å². The molecule has 0 fully saturated rings. The molecule has 0 saturated heterocycles. The molecule has 0 radical (unpaired) electrons. The van der Waals surface area contributed by atoms with Gasteiger partial charge in [0.2, 0.25) is 0 Å². The molecule has 5 heteroatoms. The van der Waals surface area contributed by atoms with Gasteiger partial charge in [-0.3, -0.25) is 0 Å². The Hall–Kier alpha value is -7.24. The Morgan fingerprint density at radius 2 is 1.02 bits per heavy atom. The third-order valence-electron chi connectivity index (χ3n) is 11.5. The highest BCUT2D eigenvalue weighted by Gasteiger charge is 2.33. The largest absolute Gasteiger partial charge is 0.457 e. The van der Waals surface area contributed by atoms with Gasteiger partial charge in [0.1, 0.15) is 18.2 Å². The van der Waals surface area contributed by atoms with Crippen LogP contribution < -0.4 is 24.3 Å². The molecule has 0 aromatic heterocycles. The van der Waals surface area contributed by atoms with E-state index in [0.717, 1.165) is 35.2 Å². The van der Waals surface area contributed by atoms with Gasteiger partial charge < -0.3 is 24.3 Å². The molecule has 0 spiro atoms. The van der Waals surface area contributed by atoms with Crippen LogP contribution in [0.25, 0.3) is 33.0 Å². The van der Waals surface area contributed by atoms with Gasteiger partial charge in [-0.15, -0.1) is 0 Å². The molecular weight excluding hydrogens is 721 g/mol. The summed E-state index contributed by atoms with van der Waals surface area (Å²) in [6.45, 7) is 8.11. The average molecular weight is 767 g/mol. The van der Waals surface area contributed by atoms with Gasteiger partial charge in [0, 0.05) is 58.1 Å². The predicted molar refractivity (Wildman–Crippen MR) is 247 cm³/mol. The molecule has 0 amide bonds. The van der Waals surface area contributed by atoms with Crippen LogP contribution in [0.2, 0.25) is 0 Å². The van der Waals surface area contributed by atoms with E-state index in [1.165, 1.54) is 55.7 Å². The summed E-state index contributed by atoms with van der Waals surface area (Å²) >= 11 is 0. The smallest absolute Gasteiger partial charge is 0.129 e. The fraction of sp³-hybridized carbons (Fsp3) is 0.111. The van der Waals surface area contributed by atoms with Gasteiger partial charge in [0.05, 0.1) is 23.7 Å². The first-order valence-corrected chi connectivity index (χ1v) is 20.4. The van der Waals surface area contributed by atoms with E-state index in [4.69, 9.17) is 4.74 Å². The second kappa shape index (κ2) is 14.9. The first kappa shape index (κ1) is 36.1. The van der Waals surface area contributed by atoms with Gasteiger partial charge in [-0.25, -0.2) is 0 Å². The molecule has 2 heterocycles. The van der Waals surface area contributed by atoms with Crippen molar-refractivity contribution in [3.05, 3.63) is 206 Å². The number of fused-ring (bicyclic) bond motifs is 3. The van der Waals surface area contributed by atoms with E-state index in [-0.39, 0.29) is 5.41 Å². The molecule has 0 saturated carbocycles. The fourth-order valence-electron chi connectivity index (χ4n) is 8.46. The first-order valence-electron chi connectivity index (χ1n) is 20.4. The molecule has 59 heavy (non-hydrogen) atoms. The highest BCUT2D eigenvalue weighted by atomic mass is 16.5. The molecule has 8 aromatic carbocycles. The Kier molecular flexibility index (Phi) is 9.14. The highest BCUT2D eigenvalue weighted by Crippen LogP contribution is 2.53. The fourth-order valence-corrected chi connectivity index (χ4v) is 8.46. The zero-order chi connectivity index (χ0) is 39.9. The van der Waals surface area contributed by atoms with E-state index in [2.05, 4.69) is 229 Å². The minimum absolute atomic E-state index is 0.126. The summed E-state index contributed by atoms with van der Waals surface area (Å²) in [4.78, 5) is 9.45. The number of benzene rings is 8. The third kappa shape index (κ3) is 6.95. The summed E-state index contributed by atoms with van der Waals surface area (Å²) in [6, 6.07) is 67.2. The van der Waals surface area contributed by atoms with E-state index in [9.17, 15) is 0 Å². The van der Waals surface area contributed by atoms with Crippen LogP contribution >= 0.6 is 0 Å². The van der Waals surface area contributed by atoms with Gasteiger partial charge in [-0.05, 0) is 70.0 Å². The summed E-state index contributed by atoms with van der Waals surface area (Å²) in [6.07, 6.45) is 4.28. The van der Waals surface area contributed by atoms with Crippen LogP contribution in [0, 0.1) is 0 Å². The molecular formula is C54H46N4O. The maximum Gasteiger partial charge on any atom is 0.129 e. The summed E-state index contributed by atoms with van der Waals surface area (Å²) in [5, 5.41) is 2.43. The van der Waals surface area contributed by atoms with Crippen molar-refractivity contribution in [2.75, 3.05) is 32.9 Å². The summed E-state index contributed by atoms with van der Waals surface area (Å²) in [7, 11) is 0. The highest BCUT2D eigenvalue weighted by molar-refractivity contribution is 6.09. The number of para-hydroxylation sites is 1. The SMILES string of the molecule is CC(C)(C)c1ccc(N2C=CN(c3cccc(Oc4cccc(N5CN(c6c(-c7ccccc7)cccc6-c6ccccc6)c6c5ccc5ccccc65)c4)c3)C2)cc1. The second-order valence-electron chi connectivity index (χ2n) is 16.4. The van der Waals surface area contributed by atoms with Gasteiger partial charge >= 0.3 is 0 Å². The average Bonchev–Trinajstić information content (AvgIpc) is 3.93. The molecule has 0 N–H and O–H groups in total. The lowest BCUT2D eigenvalue weighted by molar-refractivity contribution is 0.483. The normalized spacial score (nSPS) is 13.7. The molecule has 2 aliphatic rings. The number of rotatable bonds is 8. The number of ether oxygens (including phenoxy) is 1. The monoisotopic (exact) mass is 766 g/mol. The van der Waals surface area contributed by atoms with Crippen molar-refractivity contribution in [3.63, 3.8) is 0 Å². The Bertz CT molecular complexity index is 2750. The number of nitrogens with zero attached hydrogens (tertiary/aromatic N) is 4. The Morgan fingerprint density at radius 3 is 1.68 bits per heavy atom. The minimum atomic E-state index is 0.126. The van der Waals surface area contributed by atoms with Crippen molar-refractivity contribution < 1.29 is 4.74 Å². The Morgan fingerprint density at radius 1 is 0.441 bits per heavy atom. The molecule has 0 atom stereocenters. The molecule has 10 rings (SSSR count). The lowest BCUT2D eigenvalue weighted by Crippen LogP contribution is -2.25. The molecule has 0 bridgehead atoms. The van der Waals surface area contributed by atoms with Crippen LogP contribution in [0.5, 0.6) is 11.5 Å². The summed E-state index contributed by atoms with van der Waals surface area (Å²) < 4.78 is 6.65. The quantitative estimate of drug-likeness (QED) is 0.153. The first-order chi connectivity index (χ1) is 28.9. The van der Waals surface area contributed by atoms with E-state index in [1.54, 1.807) is 0 Å². The standard InChI is InChI=1S/C54H46N4O/c1-54(2,3)42-28-30-43(31-29-42)55-33-34-56(37-55)44-20-12-22-46(35-44)59-47-23-13-21-45(36-47)57-38-58(53-50-24-11-10-19-41(50)27-32-51(53)57)52-48(39-15-6-4-7-16-39)25-14-26-49(52)40-17-8-5-9-18-40/h4-36H,37-38H2,1-3H3. The number of hydrogen-bond donors (Lipinski definition) is 0. The van der Waals surface area contributed by atoms with E-state index >= 15 is 0 Å². The van der Waals surface area contributed by atoms with Gasteiger partial charge in [-0.2, -0.15) is 0 Å². The van der Waals surface area contributed by atoms with Gasteiger partial charge in [0.15, 0.2) is 0 Å². The Labute approximate surface area is 347 Å². The molecule has 0 aliphatic carbocycles. The van der Waals surface area contributed by atoms with Crippen LogP contribution in [0.15, 0.2) is 200 Å². The lowest BCUT2D eigenvalue weighted by atomic mass is 9.87. The molecule has 288 valence electrons. The topological polar surface area (TPSA) is 22.2 Å². The van der Waals surface area contributed by atoms with E-state index in [1.807, 2.05) is 12.1 Å². The van der Waals surface area contributed by atoms with Crippen molar-refractivity contribution in [2.24, 2.45) is 0 Å². The zero-order valence-corrected chi connectivity index (χ0v) is 33.7. The zero-order valence-electron chi connectivity index (χ0n) is 33.7. The third-order valence-corrected chi connectivity index (χ3v) is 11.5. The van der Waals surface area contributed by atoms with Crippen LogP contribution in [-0.4, -0.2) is 13.3 Å². The molecule has 2 aliphatic heterocycles. The second-order valence-corrected chi connectivity index (χ2v) is 16.4. The summed E-state index contributed by atoms with van der Waals surface area (Å²) in [5.41, 5.74) is 13.1. The van der Waals surface area contributed by atoms with Crippen LogP contribution in [0.1, 0.15) is 26.3 Å². The lowest BCUT2D eigenvalue weighted by Gasteiger charge is -2.27. The van der Waals surface area contributed by atoms with Gasteiger partial charge in [0.25, 0.3) is 0 Å². The van der Waals surface area contributed by atoms with Crippen LogP contribution in [0.4, 0.5) is 34.1 Å². The van der Waals surface area contributed by atoms with E-state index < -0.39 is 0 Å². The van der Waals surface area contributed by atoms with Crippen LogP contribution in [0.3, 0.4) is 0 Å². The number of anilines is 6. The van der Waals surface area contributed by atoms with Crippen molar-refractivity contribution >= 4 is 44.9 Å². The number of hydrogen-bond acceptors (Lipinski definition) is 5. The van der Waals surface area contributed by atoms with Crippen molar-refractivity contribution in [3.8, 4) is 33.8 Å². The Balaban J connectivity index is 0.977. The minimum Gasteiger partial charge on any atom is -0.457 e. The van der Waals surface area contributed by atoms with Crippen molar-refractivity contribution in [1.82, 2.24) is 0 Å². The summed E-state index contributed by atoms with van der Waals surface area (Å²) in [5.74, 6) is 1.58. The predicted octanol–water partition coefficient (Wildman–Crippen LogP) is 14.3. The molecule has 5 nitrogen and oxygen atoms in total. The maximum atomic E-state index is 6.65.